The largest absolute Gasteiger partial charge is 0.496 e. The average molecular weight is 909 g/mol. The molecule has 0 aliphatic carbocycles. The number of nitrogens with two attached hydrogens (primary N) is 2. The van der Waals surface area contributed by atoms with Gasteiger partial charge < -0.3 is 31.3 Å². The van der Waals surface area contributed by atoms with Crippen LogP contribution in [-0.4, -0.2) is 106 Å². The van der Waals surface area contributed by atoms with E-state index in [1.807, 2.05) is 48.5 Å². The van der Waals surface area contributed by atoms with Gasteiger partial charge in [-0.3, -0.25) is 29.4 Å². The number of carbonyl (C=O) groups is 4. The number of imide groups is 1. The van der Waals surface area contributed by atoms with Crippen LogP contribution in [0.25, 0.3) is 28.0 Å². The Labute approximate surface area is 386 Å². The molecule has 6 N–H and O–H groups in total. The minimum atomic E-state index is -0.527. The number of aromatic nitrogens is 5. The zero-order valence-electron chi connectivity index (χ0n) is 37.3. The highest BCUT2D eigenvalue weighted by Gasteiger charge is 2.28. The van der Waals surface area contributed by atoms with Crippen molar-refractivity contribution in [2.75, 3.05) is 68.5 Å². The number of fused-ring (bicyclic) bond motifs is 1. The predicted octanol–water partition coefficient (Wildman–Crippen LogP) is 4.66. The summed E-state index contributed by atoms with van der Waals surface area (Å²) < 4.78 is 20.8. The molecule has 346 valence electrons. The summed E-state index contributed by atoms with van der Waals surface area (Å²) in [6.07, 6.45) is 7.28. The number of ether oxygens (including phenoxy) is 1. The van der Waals surface area contributed by atoms with Crippen LogP contribution in [0, 0.1) is 17.7 Å². The van der Waals surface area contributed by atoms with E-state index in [4.69, 9.17) is 26.3 Å². The van der Waals surface area contributed by atoms with Crippen molar-refractivity contribution in [2.24, 2.45) is 17.6 Å². The predicted molar refractivity (Wildman–Crippen MR) is 251 cm³/mol. The topological polar surface area (TPSA) is 220 Å². The van der Waals surface area contributed by atoms with Crippen LogP contribution in [-0.2, 0) is 22.6 Å². The van der Waals surface area contributed by atoms with Crippen molar-refractivity contribution in [3.63, 3.8) is 0 Å². The van der Waals surface area contributed by atoms with E-state index in [1.165, 1.54) is 25.6 Å². The smallest absolute Gasteiger partial charge is 0.255 e. The average Bonchev–Trinajstić information content (AvgIpc) is 3.74. The SMILES string of the molecule is COc1ccc(F)cc1C(=O)NCc1ccc(-c2nn(-c3ccc(N4CCC(CN5CCN(c6ccc(C(N)=O)c(CC[C@H]7CCC(=O)NC7=O)c6)CC5)CC4)nc3)c3ncnc(N)c23)cc1. The second-order valence-corrected chi connectivity index (χ2v) is 17.4. The van der Waals surface area contributed by atoms with Gasteiger partial charge in [-0.15, -0.1) is 0 Å². The number of nitrogen functional groups attached to an aromatic ring is 1. The molecule has 6 heterocycles. The summed E-state index contributed by atoms with van der Waals surface area (Å²) in [5.74, 6) is -0.128. The number of hydrogen-bond acceptors (Lipinski definition) is 13. The Kier molecular flexibility index (Phi) is 13.1. The van der Waals surface area contributed by atoms with Gasteiger partial charge in [0.15, 0.2) is 5.65 Å². The zero-order valence-corrected chi connectivity index (χ0v) is 37.3. The third kappa shape index (κ3) is 9.89. The number of methoxy groups -OCH3 is 1. The molecule has 0 spiro atoms. The monoisotopic (exact) mass is 908 g/mol. The number of halogens is 1. The van der Waals surface area contributed by atoms with Gasteiger partial charge in [0.05, 0.1) is 29.9 Å². The number of hydrogen-bond donors (Lipinski definition) is 4. The Morgan fingerprint density at radius 1 is 0.866 bits per heavy atom. The standard InChI is InChI=1S/C49H53FN12O5/c1-67-40-13-9-35(50)25-39(40)49(66)54-26-30-2-4-32(5-3-30)44-43-45(51)55-29-56-47(43)62(58-44)37-11-14-41(53-27-37)61-18-16-31(17-19-61)28-59-20-22-60(23-21-59)36-10-12-38(46(52)64)34(24-36)7-6-33-8-15-42(63)57-48(33)65/h2-5,9-14,24-25,27,29,31,33H,6-8,15-23,26,28H2,1H3,(H2,52,64)(H,54,66)(H2,51,55,56)(H,57,63,65)/t33-/m0/s1. The fraction of sp³-hybridized carbons (Fsp3) is 0.347. The Hall–Kier alpha value is -7.47. The molecule has 0 radical (unpaired) electrons. The van der Waals surface area contributed by atoms with Gasteiger partial charge in [-0.05, 0) is 97.7 Å². The first kappa shape index (κ1) is 44.7. The van der Waals surface area contributed by atoms with Gasteiger partial charge >= 0.3 is 0 Å². The van der Waals surface area contributed by atoms with Crippen molar-refractivity contribution >= 4 is 52.0 Å². The Bertz CT molecular complexity index is 2800. The van der Waals surface area contributed by atoms with Gasteiger partial charge in [0.1, 0.15) is 35.2 Å². The lowest BCUT2D eigenvalue weighted by Gasteiger charge is -2.40. The van der Waals surface area contributed by atoms with Crippen molar-refractivity contribution in [2.45, 2.75) is 45.1 Å². The summed E-state index contributed by atoms with van der Waals surface area (Å²) in [5, 5.41) is 10.8. The quantitative estimate of drug-likeness (QED) is 0.110. The molecule has 0 saturated carbocycles. The van der Waals surface area contributed by atoms with E-state index in [1.54, 1.807) is 16.9 Å². The van der Waals surface area contributed by atoms with Crippen LogP contribution in [0.4, 0.5) is 21.7 Å². The van der Waals surface area contributed by atoms with E-state index in [2.05, 4.69) is 35.3 Å². The summed E-state index contributed by atoms with van der Waals surface area (Å²) in [7, 11) is 1.43. The molecule has 3 fully saturated rings. The minimum Gasteiger partial charge on any atom is -0.496 e. The number of nitrogens with one attached hydrogen (secondary N) is 2. The Morgan fingerprint density at radius 3 is 2.36 bits per heavy atom. The molecule has 67 heavy (non-hydrogen) atoms. The van der Waals surface area contributed by atoms with E-state index in [9.17, 15) is 23.6 Å². The van der Waals surface area contributed by atoms with Crippen LogP contribution in [0.1, 0.15) is 63.9 Å². The molecular formula is C49H53FN12O5. The normalized spacial score (nSPS) is 17.1. The van der Waals surface area contributed by atoms with Crippen molar-refractivity contribution in [1.29, 1.82) is 0 Å². The van der Waals surface area contributed by atoms with E-state index in [0.717, 1.165) is 98.6 Å². The van der Waals surface area contributed by atoms with Gasteiger partial charge in [-0.2, -0.15) is 5.10 Å². The van der Waals surface area contributed by atoms with Crippen molar-refractivity contribution < 1.29 is 28.3 Å². The van der Waals surface area contributed by atoms with E-state index >= 15 is 0 Å². The van der Waals surface area contributed by atoms with Crippen LogP contribution in [0.15, 0.2) is 85.3 Å². The first-order valence-electron chi connectivity index (χ1n) is 22.7. The molecule has 3 aliphatic rings. The van der Waals surface area contributed by atoms with E-state index in [0.29, 0.717) is 59.7 Å². The second kappa shape index (κ2) is 19.6. The Morgan fingerprint density at radius 2 is 1.64 bits per heavy atom. The molecule has 18 heteroatoms. The van der Waals surface area contributed by atoms with E-state index in [-0.39, 0.29) is 35.6 Å². The highest BCUT2D eigenvalue weighted by molar-refractivity contribution is 6.00. The highest BCUT2D eigenvalue weighted by atomic mass is 19.1. The number of primary amides is 1. The first-order chi connectivity index (χ1) is 32.5. The van der Waals surface area contributed by atoms with Crippen molar-refractivity contribution in [3.8, 4) is 22.7 Å². The summed E-state index contributed by atoms with van der Waals surface area (Å²) in [6.45, 7) is 6.67. The lowest BCUT2D eigenvalue weighted by molar-refractivity contribution is -0.136. The molecule has 3 saturated heterocycles. The molecular weight excluding hydrogens is 856 g/mol. The molecule has 3 aromatic heterocycles. The number of aryl methyl sites for hydroxylation is 1. The fourth-order valence-electron chi connectivity index (χ4n) is 9.43. The molecule has 17 nitrogen and oxygen atoms in total. The number of pyridine rings is 1. The number of anilines is 3. The van der Waals surface area contributed by atoms with Crippen LogP contribution in [0.3, 0.4) is 0 Å². The second-order valence-electron chi connectivity index (χ2n) is 17.4. The Balaban J connectivity index is 0.781. The summed E-state index contributed by atoms with van der Waals surface area (Å²) in [6, 6.07) is 21.2. The minimum absolute atomic E-state index is 0.116. The molecule has 3 aliphatic heterocycles. The number of amides is 4. The first-order valence-corrected chi connectivity index (χ1v) is 22.7. The molecule has 1 atom stereocenters. The number of piperidine rings is 2. The van der Waals surface area contributed by atoms with Gasteiger partial charge in [0.2, 0.25) is 17.7 Å². The maximum Gasteiger partial charge on any atom is 0.255 e. The lowest BCUT2D eigenvalue weighted by atomic mass is 9.90. The summed E-state index contributed by atoms with van der Waals surface area (Å²) >= 11 is 0. The molecule has 4 amide bonds. The van der Waals surface area contributed by atoms with Crippen molar-refractivity contribution in [1.82, 2.24) is 40.3 Å². The third-order valence-corrected chi connectivity index (χ3v) is 13.2. The maximum atomic E-state index is 13.9. The number of piperazine rings is 1. The highest BCUT2D eigenvalue weighted by Crippen LogP contribution is 2.33. The molecule has 3 aromatic carbocycles. The number of carbonyl (C=O) groups excluding carboxylic acids is 4. The molecule has 0 bridgehead atoms. The summed E-state index contributed by atoms with van der Waals surface area (Å²) in [4.78, 5) is 70.0. The van der Waals surface area contributed by atoms with Crippen LogP contribution >= 0.6 is 0 Å². The fourth-order valence-corrected chi connectivity index (χ4v) is 9.43. The van der Waals surface area contributed by atoms with Gasteiger partial charge in [0, 0.05) is 81.5 Å². The van der Waals surface area contributed by atoms with Crippen molar-refractivity contribution in [3.05, 3.63) is 113 Å². The van der Waals surface area contributed by atoms with Gasteiger partial charge in [0.25, 0.3) is 5.91 Å². The lowest BCUT2D eigenvalue weighted by Crippen LogP contribution is -2.49. The van der Waals surface area contributed by atoms with Gasteiger partial charge in [-0.1, -0.05) is 24.3 Å². The zero-order chi connectivity index (χ0) is 46.6. The number of benzene rings is 3. The number of nitrogens with zero attached hydrogens (tertiary/aromatic N) is 8. The van der Waals surface area contributed by atoms with Crippen LogP contribution in [0.5, 0.6) is 5.75 Å². The summed E-state index contributed by atoms with van der Waals surface area (Å²) in [5.41, 5.74) is 18.1. The van der Waals surface area contributed by atoms with Crippen LogP contribution in [0.2, 0.25) is 0 Å². The molecule has 0 unspecified atom stereocenters. The number of rotatable bonds is 14. The van der Waals surface area contributed by atoms with Crippen LogP contribution < -0.4 is 36.6 Å². The van der Waals surface area contributed by atoms with Gasteiger partial charge in [-0.25, -0.2) is 24.0 Å². The maximum absolute atomic E-state index is 13.9. The molecule has 9 rings (SSSR count). The van der Waals surface area contributed by atoms with E-state index < -0.39 is 17.6 Å². The third-order valence-electron chi connectivity index (χ3n) is 13.2. The molecule has 6 aromatic rings.